The van der Waals surface area contributed by atoms with E-state index < -0.39 is 0 Å². The molecular formula is C24H29BrN2O. The molecule has 0 radical (unpaired) electrons. The number of halogens is 1. The van der Waals surface area contributed by atoms with Gasteiger partial charge < -0.3 is 4.90 Å². The monoisotopic (exact) mass is 440 g/mol. The fourth-order valence-electron chi connectivity index (χ4n) is 3.57. The third kappa shape index (κ3) is 6.80. The lowest BCUT2D eigenvalue weighted by Gasteiger charge is -2.37. The summed E-state index contributed by atoms with van der Waals surface area (Å²) in [7, 11) is 0. The Kier molecular flexibility index (Phi) is 8.26. The van der Waals surface area contributed by atoms with Gasteiger partial charge in [0.1, 0.15) is 0 Å². The Morgan fingerprint density at radius 3 is 2.14 bits per heavy atom. The third-order valence-corrected chi connectivity index (χ3v) is 5.68. The predicted octanol–water partition coefficient (Wildman–Crippen LogP) is 6.38. The summed E-state index contributed by atoms with van der Waals surface area (Å²) >= 11 is 3.44. The first-order valence-corrected chi connectivity index (χ1v) is 10.6. The Balaban J connectivity index is 0.000000397. The average molecular weight is 441 g/mol. The van der Waals surface area contributed by atoms with E-state index in [1.807, 2.05) is 67.3 Å². The van der Waals surface area contributed by atoms with Crippen LogP contribution in [0.4, 0.5) is 0 Å². The van der Waals surface area contributed by atoms with Gasteiger partial charge >= 0.3 is 0 Å². The minimum Gasteiger partial charge on any atom is -0.336 e. The SMILES string of the molecule is CC(c1ccc(Br)cc1)N1CCC(CC(C)(C)C#N)CC1=O.c1ccccc1. The van der Waals surface area contributed by atoms with E-state index in [4.69, 9.17) is 5.26 Å². The summed E-state index contributed by atoms with van der Waals surface area (Å²) in [6, 6.07) is 22.6. The van der Waals surface area contributed by atoms with Crippen LogP contribution in [0.3, 0.4) is 0 Å². The molecule has 3 rings (SSSR count). The fraction of sp³-hybridized carbons (Fsp3) is 0.417. The van der Waals surface area contributed by atoms with Crippen molar-refractivity contribution in [3.63, 3.8) is 0 Å². The molecule has 2 unspecified atom stereocenters. The first-order chi connectivity index (χ1) is 13.3. The number of likely N-dealkylation sites (tertiary alicyclic amines) is 1. The predicted molar refractivity (Wildman–Crippen MR) is 117 cm³/mol. The summed E-state index contributed by atoms with van der Waals surface area (Å²) in [5.41, 5.74) is 0.817. The topological polar surface area (TPSA) is 44.1 Å². The third-order valence-electron chi connectivity index (χ3n) is 5.15. The molecule has 4 heteroatoms. The maximum Gasteiger partial charge on any atom is 0.223 e. The Bertz CT molecular complexity index is 754. The molecule has 0 aromatic heterocycles. The van der Waals surface area contributed by atoms with Gasteiger partial charge in [-0.15, -0.1) is 0 Å². The van der Waals surface area contributed by atoms with Gasteiger partial charge in [0, 0.05) is 17.4 Å². The Morgan fingerprint density at radius 2 is 1.68 bits per heavy atom. The van der Waals surface area contributed by atoms with Crippen molar-refractivity contribution in [2.24, 2.45) is 11.3 Å². The number of nitrogens with zero attached hydrogens (tertiary/aromatic N) is 2. The number of piperidine rings is 1. The summed E-state index contributed by atoms with van der Waals surface area (Å²) in [5, 5.41) is 9.15. The van der Waals surface area contributed by atoms with E-state index >= 15 is 0 Å². The van der Waals surface area contributed by atoms with Crippen molar-refractivity contribution in [1.82, 2.24) is 4.90 Å². The number of amides is 1. The molecule has 28 heavy (non-hydrogen) atoms. The number of hydrogen-bond donors (Lipinski definition) is 0. The van der Waals surface area contributed by atoms with Gasteiger partial charge in [-0.25, -0.2) is 0 Å². The molecule has 1 heterocycles. The van der Waals surface area contributed by atoms with E-state index in [-0.39, 0.29) is 17.4 Å². The quantitative estimate of drug-likeness (QED) is 0.553. The molecule has 1 fully saturated rings. The van der Waals surface area contributed by atoms with Crippen molar-refractivity contribution in [3.8, 4) is 6.07 Å². The fourth-order valence-corrected chi connectivity index (χ4v) is 3.83. The zero-order valence-corrected chi connectivity index (χ0v) is 18.5. The summed E-state index contributed by atoms with van der Waals surface area (Å²) in [4.78, 5) is 14.5. The van der Waals surface area contributed by atoms with Crippen LogP contribution in [0.15, 0.2) is 65.1 Å². The zero-order chi connectivity index (χ0) is 20.6. The van der Waals surface area contributed by atoms with Gasteiger partial charge in [0.15, 0.2) is 0 Å². The lowest BCUT2D eigenvalue weighted by atomic mass is 9.79. The molecule has 0 bridgehead atoms. The second kappa shape index (κ2) is 10.4. The number of nitriles is 1. The van der Waals surface area contributed by atoms with Crippen LogP contribution < -0.4 is 0 Å². The van der Waals surface area contributed by atoms with Crippen LogP contribution in [0.2, 0.25) is 0 Å². The van der Waals surface area contributed by atoms with Crippen molar-refractivity contribution >= 4 is 21.8 Å². The van der Waals surface area contributed by atoms with Crippen molar-refractivity contribution in [2.75, 3.05) is 6.54 Å². The molecule has 1 aliphatic rings. The van der Waals surface area contributed by atoms with Crippen LogP contribution >= 0.6 is 15.9 Å². The van der Waals surface area contributed by atoms with Crippen LogP contribution in [0.25, 0.3) is 0 Å². The van der Waals surface area contributed by atoms with Crippen LogP contribution in [-0.2, 0) is 4.79 Å². The molecule has 2 aromatic rings. The average Bonchev–Trinajstić information content (AvgIpc) is 2.70. The first kappa shape index (κ1) is 22.2. The molecule has 0 spiro atoms. The molecule has 0 N–H and O–H groups in total. The maximum absolute atomic E-state index is 12.5. The summed E-state index contributed by atoms with van der Waals surface area (Å²) in [5.74, 6) is 0.538. The van der Waals surface area contributed by atoms with E-state index in [0.29, 0.717) is 12.3 Å². The number of carbonyl (C=O) groups is 1. The zero-order valence-electron chi connectivity index (χ0n) is 16.9. The van der Waals surface area contributed by atoms with E-state index in [1.54, 1.807) is 0 Å². The Morgan fingerprint density at radius 1 is 1.14 bits per heavy atom. The Labute approximate surface area is 177 Å². The summed E-state index contributed by atoms with van der Waals surface area (Å²) < 4.78 is 1.05. The maximum atomic E-state index is 12.5. The molecular weight excluding hydrogens is 412 g/mol. The molecule has 148 valence electrons. The van der Waals surface area contributed by atoms with Crippen molar-refractivity contribution < 1.29 is 4.79 Å². The van der Waals surface area contributed by atoms with Gasteiger partial charge in [0.05, 0.1) is 17.5 Å². The van der Waals surface area contributed by atoms with Crippen LogP contribution in [0, 0.1) is 22.7 Å². The first-order valence-electron chi connectivity index (χ1n) is 9.78. The lowest BCUT2D eigenvalue weighted by Crippen LogP contribution is -2.41. The molecule has 0 aliphatic carbocycles. The number of rotatable bonds is 4. The lowest BCUT2D eigenvalue weighted by molar-refractivity contribution is -0.137. The van der Waals surface area contributed by atoms with E-state index in [9.17, 15) is 4.79 Å². The molecule has 3 nitrogen and oxygen atoms in total. The van der Waals surface area contributed by atoms with Crippen molar-refractivity contribution in [3.05, 3.63) is 70.7 Å². The number of benzene rings is 2. The Hall–Kier alpha value is -2.12. The highest BCUT2D eigenvalue weighted by Gasteiger charge is 2.32. The number of carbonyl (C=O) groups excluding carboxylic acids is 1. The largest absolute Gasteiger partial charge is 0.336 e. The molecule has 1 saturated heterocycles. The van der Waals surface area contributed by atoms with Crippen LogP contribution in [-0.4, -0.2) is 17.4 Å². The molecule has 1 aliphatic heterocycles. The van der Waals surface area contributed by atoms with Gasteiger partial charge in [0.2, 0.25) is 5.91 Å². The highest BCUT2D eigenvalue weighted by molar-refractivity contribution is 9.10. The highest BCUT2D eigenvalue weighted by atomic mass is 79.9. The van der Waals surface area contributed by atoms with Crippen LogP contribution in [0.1, 0.15) is 51.6 Å². The van der Waals surface area contributed by atoms with Gasteiger partial charge in [-0.3, -0.25) is 4.79 Å². The van der Waals surface area contributed by atoms with Crippen molar-refractivity contribution in [2.45, 2.75) is 46.1 Å². The molecule has 0 saturated carbocycles. The standard InChI is InChI=1S/C18H23BrN2O.C6H6/c1-13(15-4-6-16(19)7-5-15)21-9-8-14(10-17(21)22)11-18(2,3)12-20;1-2-4-6-5-3-1/h4-7,13-14H,8-11H2,1-3H3;1-6H. The normalized spacial score (nSPS) is 17.9. The second-order valence-electron chi connectivity index (χ2n) is 8.03. The van der Waals surface area contributed by atoms with Gasteiger partial charge in [0.25, 0.3) is 0 Å². The minimum atomic E-state index is -0.343. The highest BCUT2D eigenvalue weighted by Crippen LogP contribution is 2.34. The van der Waals surface area contributed by atoms with E-state index in [0.717, 1.165) is 29.4 Å². The van der Waals surface area contributed by atoms with Gasteiger partial charge in [-0.1, -0.05) is 64.5 Å². The molecule has 1 amide bonds. The smallest absolute Gasteiger partial charge is 0.223 e. The van der Waals surface area contributed by atoms with Gasteiger partial charge in [-0.05, 0) is 57.2 Å². The van der Waals surface area contributed by atoms with E-state index in [1.165, 1.54) is 0 Å². The van der Waals surface area contributed by atoms with E-state index in [2.05, 4.69) is 41.1 Å². The minimum absolute atomic E-state index is 0.102. The molecule has 2 atom stereocenters. The summed E-state index contributed by atoms with van der Waals surface area (Å²) in [6.07, 6.45) is 2.35. The van der Waals surface area contributed by atoms with Crippen molar-refractivity contribution in [1.29, 1.82) is 5.26 Å². The number of hydrogen-bond acceptors (Lipinski definition) is 2. The van der Waals surface area contributed by atoms with Crippen LogP contribution in [0.5, 0.6) is 0 Å². The molecule has 2 aromatic carbocycles. The van der Waals surface area contributed by atoms with Gasteiger partial charge in [-0.2, -0.15) is 5.26 Å². The summed E-state index contributed by atoms with van der Waals surface area (Å²) in [6.45, 7) is 6.77. The second-order valence-corrected chi connectivity index (χ2v) is 8.94.